The van der Waals surface area contributed by atoms with Gasteiger partial charge in [0.1, 0.15) is 18.0 Å². The first kappa shape index (κ1) is 22.8. The van der Waals surface area contributed by atoms with Crippen LogP contribution in [0.1, 0.15) is 27.7 Å². The van der Waals surface area contributed by atoms with Gasteiger partial charge in [-0.3, -0.25) is 4.79 Å². The average Bonchev–Trinajstić information content (AvgIpc) is 3.51. The molecule has 172 valence electrons. The Morgan fingerprint density at radius 1 is 0.800 bits per heavy atom. The summed E-state index contributed by atoms with van der Waals surface area (Å²) in [4.78, 5) is 13.0. The van der Waals surface area contributed by atoms with Gasteiger partial charge in [0, 0.05) is 16.5 Å². The molecule has 0 saturated heterocycles. The third-order valence-corrected chi connectivity index (χ3v) is 6.24. The smallest absolute Gasteiger partial charge is 0.245 e. The molecule has 0 aliphatic carbocycles. The lowest BCUT2D eigenvalue weighted by Gasteiger charge is -2.11. The molecule has 6 aromatic rings. The van der Waals surface area contributed by atoms with E-state index in [1.807, 2.05) is 96.1 Å². The van der Waals surface area contributed by atoms with Gasteiger partial charge < -0.3 is 21.4 Å². The van der Waals surface area contributed by atoms with Gasteiger partial charge in [0.15, 0.2) is 18.3 Å². The maximum absolute atomic E-state index is 13.0. The topological polar surface area (TPSA) is 39.0 Å². The van der Waals surface area contributed by atoms with E-state index in [1.54, 1.807) is 0 Å². The Hall–Kier alpha value is -3.96. The van der Waals surface area contributed by atoms with Gasteiger partial charge in [-0.2, -0.15) is 0 Å². The number of hydrogen-bond donors (Lipinski definition) is 0. The van der Waals surface area contributed by atoms with E-state index in [0.717, 1.165) is 38.6 Å². The number of rotatable bonds is 6. The number of carbonyl (C=O) groups excluding carboxylic acids is 1. The predicted octanol–water partition coefficient (Wildman–Crippen LogP) is 3.20. The zero-order valence-electron chi connectivity index (χ0n) is 18.9. The quantitative estimate of drug-likeness (QED) is 0.249. The average molecular weight is 523 g/mol. The first-order valence-corrected chi connectivity index (χ1v) is 11.4. The van der Waals surface area contributed by atoms with E-state index in [-0.39, 0.29) is 35.4 Å². The van der Waals surface area contributed by atoms with Gasteiger partial charge in [-0.15, -0.1) is 0 Å². The van der Waals surface area contributed by atoms with E-state index in [0.29, 0.717) is 0 Å². The second kappa shape index (κ2) is 9.72. The Morgan fingerprint density at radius 3 is 2.31 bits per heavy atom. The normalized spacial score (nSPS) is 11.9. The Morgan fingerprint density at radius 2 is 1.51 bits per heavy atom. The van der Waals surface area contributed by atoms with Crippen LogP contribution in [0.15, 0.2) is 126 Å². The number of imidazole rings is 1. The molecule has 2 heterocycles. The Balaban J connectivity index is 0.00000253. The number of carbonyl (C=O) groups is 1. The second-order valence-corrected chi connectivity index (χ2v) is 8.52. The standard InChI is InChI=1S/C30H23N2O2.BrH/c33-27(25-15-14-22-8-4-5-11-24(22)18-25)20-31-16-17-32(21-31)30(23-9-2-1-3-10-23)29-19-26-12-6-7-13-28(26)34-29;/h1-19,21,30H,20H2;1H/q+1;/p-1. The molecule has 1 unspecified atom stereocenters. The molecule has 6 rings (SSSR count). The van der Waals surface area contributed by atoms with Crippen LogP contribution in [0.25, 0.3) is 21.7 Å². The molecule has 0 aliphatic heterocycles. The summed E-state index contributed by atoms with van der Waals surface area (Å²) in [7, 11) is 0. The second-order valence-electron chi connectivity index (χ2n) is 8.52. The van der Waals surface area contributed by atoms with E-state index in [4.69, 9.17) is 4.42 Å². The van der Waals surface area contributed by atoms with Crippen LogP contribution in [-0.4, -0.2) is 10.4 Å². The van der Waals surface area contributed by atoms with E-state index in [1.165, 1.54) is 0 Å². The molecule has 2 aromatic heterocycles. The summed E-state index contributed by atoms with van der Waals surface area (Å²) in [6, 6.07) is 34.3. The first-order valence-electron chi connectivity index (χ1n) is 11.4. The fourth-order valence-corrected chi connectivity index (χ4v) is 4.53. The van der Waals surface area contributed by atoms with Gasteiger partial charge in [-0.25, -0.2) is 9.13 Å². The van der Waals surface area contributed by atoms with Crippen molar-refractivity contribution in [3.05, 3.63) is 139 Å². The van der Waals surface area contributed by atoms with Crippen molar-refractivity contribution >= 4 is 27.5 Å². The summed E-state index contributed by atoms with van der Waals surface area (Å²) in [6.07, 6.45) is 5.92. The van der Waals surface area contributed by atoms with Crippen molar-refractivity contribution in [2.45, 2.75) is 12.6 Å². The van der Waals surface area contributed by atoms with Crippen molar-refractivity contribution in [1.29, 1.82) is 0 Å². The maximum Gasteiger partial charge on any atom is 0.245 e. The van der Waals surface area contributed by atoms with Crippen molar-refractivity contribution < 1.29 is 30.8 Å². The van der Waals surface area contributed by atoms with Crippen LogP contribution < -0.4 is 21.5 Å². The van der Waals surface area contributed by atoms with Gasteiger partial charge in [0.05, 0.1) is 0 Å². The van der Waals surface area contributed by atoms with E-state index >= 15 is 0 Å². The fraction of sp³-hybridized carbons (Fsp3) is 0.0667. The van der Waals surface area contributed by atoms with Gasteiger partial charge in [-0.1, -0.05) is 84.9 Å². The molecule has 35 heavy (non-hydrogen) atoms. The highest BCUT2D eigenvalue weighted by Crippen LogP contribution is 2.31. The van der Waals surface area contributed by atoms with Gasteiger partial charge in [-0.05, 0) is 29.0 Å². The van der Waals surface area contributed by atoms with Crippen molar-refractivity contribution in [2.24, 2.45) is 0 Å². The van der Waals surface area contributed by atoms with Gasteiger partial charge in [0.25, 0.3) is 0 Å². The summed E-state index contributed by atoms with van der Waals surface area (Å²) >= 11 is 0. The Bertz CT molecular complexity index is 1580. The van der Waals surface area contributed by atoms with Crippen LogP contribution in [-0.2, 0) is 6.54 Å². The van der Waals surface area contributed by atoms with Gasteiger partial charge >= 0.3 is 0 Å². The molecule has 4 nitrogen and oxygen atoms in total. The number of fused-ring (bicyclic) bond motifs is 2. The molecule has 0 aliphatic rings. The number of halogens is 1. The van der Waals surface area contributed by atoms with E-state index < -0.39 is 0 Å². The van der Waals surface area contributed by atoms with Crippen LogP contribution in [0.3, 0.4) is 0 Å². The lowest BCUT2D eigenvalue weighted by atomic mass is 10.0. The first-order chi connectivity index (χ1) is 16.7. The molecule has 0 spiro atoms. The molecule has 0 bridgehead atoms. The maximum atomic E-state index is 13.0. The summed E-state index contributed by atoms with van der Waals surface area (Å²) in [5, 5.41) is 3.28. The third-order valence-electron chi connectivity index (χ3n) is 6.24. The van der Waals surface area contributed by atoms with Crippen LogP contribution in [0.2, 0.25) is 0 Å². The van der Waals surface area contributed by atoms with Crippen LogP contribution in [0.4, 0.5) is 0 Å². The Kier molecular flexibility index (Phi) is 6.34. The minimum absolute atomic E-state index is 0. The zero-order chi connectivity index (χ0) is 22.9. The number of furan rings is 1. The van der Waals surface area contributed by atoms with Crippen molar-refractivity contribution in [2.75, 3.05) is 0 Å². The molecule has 0 fully saturated rings. The van der Waals surface area contributed by atoms with Crippen molar-refractivity contribution in [1.82, 2.24) is 4.57 Å². The Labute approximate surface area is 213 Å². The van der Waals surface area contributed by atoms with Crippen LogP contribution in [0.5, 0.6) is 0 Å². The summed E-state index contributed by atoms with van der Waals surface area (Å²) in [5.41, 5.74) is 2.70. The third kappa shape index (κ3) is 4.55. The molecule has 5 heteroatoms. The van der Waals surface area contributed by atoms with E-state index in [9.17, 15) is 4.79 Å². The molecular formula is C30H23BrN2O2. The summed E-state index contributed by atoms with van der Waals surface area (Å²) in [5.74, 6) is 0.935. The highest BCUT2D eigenvalue weighted by molar-refractivity contribution is 5.99. The molecule has 0 amide bonds. The molecular weight excluding hydrogens is 500 g/mol. The van der Waals surface area contributed by atoms with Crippen LogP contribution >= 0.6 is 0 Å². The number of ketones is 1. The lowest BCUT2D eigenvalue weighted by Crippen LogP contribution is -3.00. The minimum Gasteiger partial charge on any atom is -1.00 e. The van der Waals surface area contributed by atoms with Crippen molar-refractivity contribution in [3.8, 4) is 0 Å². The highest BCUT2D eigenvalue weighted by Gasteiger charge is 2.26. The van der Waals surface area contributed by atoms with Crippen molar-refractivity contribution in [3.63, 3.8) is 0 Å². The molecule has 0 saturated carbocycles. The lowest BCUT2D eigenvalue weighted by molar-refractivity contribution is -0.682. The largest absolute Gasteiger partial charge is 1.00 e. The minimum atomic E-state index is -0.134. The van der Waals surface area contributed by atoms with E-state index in [2.05, 4.69) is 34.9 Å². The number of nitrogens with zero attached hydrogens (tertiary/aromatic N) is 2. The molecule has 4 aromatic carbocycles. The number of Topliss-reactive ketones (excluding diaryl/α,β-unsaturated/α-hetero) is 1. The zero-order valence-corrected chi connectivity index (χ0v) is 20.5. The SMILES string of the molecule is O=C(C[n+]1ccn(C(c2ccccc2)c2cc3ccccc3o2)c1)c1ccc2ccccc2c1.[Br-]. The number of hydrogen-bond acceptors (Lipinski definition) is 2. The predicted molar refractivity (Wildman–Crippen MR) is 133 cm³/mol. The van der Waals surface area contributed by atoms with Crippen LogP contribution in [0, 0.1) is 0 Å². The fourth-order valence-electron chi connectivity index (χ4n) is 4.53. The number of benzene rings is 4. The van der Waals surface area contributed by atoms with Gasteiger partial charge in [0.2, 0.25) is 12.1 Å². The monoisotopic (exact) mass is 522 g/mol. The molecule has 1 atom stereocenters. The summed E-state index contributed by atoms with van der Waals surface area (Å²) in [6.45, 7) is 0.271. The summed E-state index contributed by atoms with van der Waals surface area (Å²) < 4.78 is 10.3. The number of aromatic nitrogens is 2. The number of para-hydroxylation sites is 1. The molecule has 0 N–H and O–H groups in total. The molecule has 0 radical (unpaired) electrons. The highest BCUT2D eigenvalue weighted by atomic mass is 79.9.